The molecule has 0 saturated heterocycles. The van der Waals surface area contributed by atoms with Crippen molar-refractivity contribution in [3.63, 3.8) is 0 Å². The fraction of sp³-hybridized carbons (Fsp3) is 0.615. The number of nitrogens with zero attached hydrogens (tertiary/aromatic N) is 1. The van der Waals surface area contributed by atoms with Gasteiger partial charge in [0.15, 0.2) is 0 Å². The van der Waals surface area contributed by atoms with Gasteiger partial charge in [-0.15, -0.1) is 0 Å². The zero-order valence-corrected chi connectivity index (χ0v) is 9.95. The second kappa shape index (κ2) is 5.19. The Hall–Kier alpha value is -1.25. The summed E-state index contributed by atoms with van der Waals surface area (Å²) in [6.45, 7) is 2.29. The summed E-state index contributed by atoms with van der Waals surface area (Å²) in [7, 11) is 0. The average molecular weight is 219 g/mol. The van der Waals surface area contributed by atoms with Gasteiger partial charge in [-0.1, -0.05) is 13.3 Å². The molecule has 3 nitrogen and oxygen atoms in total. The third-order valence-electron chi connectivity index (χ3n) is 3.58. The van der Waals surface area contributed by atoms with Gasteiger partial charge >= 0.3 is 0 Å². The predicted molar refractivity (Wildman–Crippen MR) is 68.3 cm³/mol. The Morgan fingerprint density at radius 2 is 2.06 bits per heavy atom. The van der Waals surface area contributed by atoms with Crippen LogP contribution in [0.5, 0.6) is 0 Å². The molecule has 2 rings (SSSR count). The van der Waals surface area contributed by atoms with Crippen molar-refractivity contribution in [2.24, 2.45) is 5.92 Å². The van der Waals surface area contributed by atoms with E-state index in [1.165, 1.54) is 32.1 Å². The van der Waals surface area contributed by atoms with E-state index in [9.17, 15) is 0 Å². The van der Waals surface area contributed by atoms with Crippen LogP contribution in [0.4, 0.5) is 11.5 Å². The fourth-order valence-corrected chi connectivity index (χ4v) is 2.44. The molecule has 1 heterocycles. The summed E-state index contributed by atoms with van der Waals surface area (Å²) in [4.78, 5) is 4.09. The van der Waals surface area contributed by atoms with Crippen LogP contribution in [0.1, 0.15) is 39.0 Å². The lowest BCUT2D eigenvalue weighted by Gasteiger charge is -2.29. The van der Waals surface area contributed by atoms with E-state index in [-0.39, 0.29) is 0 Å². The van der Waals surface area contributed by atoms with Gasteiger partial charge in [-0.3, -0.25) is 0 Å². The largest absolute Gasteiger partial charge is 0.384 e. The molecule has 3 N–H and O–H groups in total. The van der Waals surface area contributed by atoms with Crippen molar-refractivity contribution in [2.75, 3.05) is 11.1 Å². The summed E-state index contributed by atoms with van der Waals surface area (Å²) >= 11 is 0. The summed E-state index contributed by atoms with van der Waals surface area (Å²) in [5, 5.41) is 3.53. The maximum Gasteiger partial charge on any atom is 0.123 e. The summed E-state index contributed by atoms with van der Waals surface area (Å²) < 4.78 is 0. The van der Waals surface area contributed by atoms with Crippen molar-refractivity contribution in [3.8, 4) is 0 Å². The van der Waals surface area contributed by atoms with E-state index in [2.05, 4.69) is 17.2 Å². The van der Waals surface area contributed by atoms with Crippen molar-refractivity contribution >= 4 is 11.5 Å². The maximum absolute atomic E-state index is 5.56. The number of rotatable bonds is 3. The SMILES string of the molecule is CCC1CCC(Nc2ccc(N)nc2)CC1. The lowest BCUT2D eigenvalue weighted by Crippen LogP contribution is -2.25. The third-order valence-corrected chi connectivity index (χ3v) is 3.58. The molecule has 1 fully saturated rings. The molecular formula is C13H21N3. The minimum atomic E-state index is 0.584. The number of aromatic nitrogens is 1. The number of hydrogen-bond acceptors (Lipinski definition) is 3. The van der Waals surface area contributed by atoms with E-state index in [1.54, 1.807) is 0 Å². The van der Waals surface area contributed by atoms with E-state index in [4.69, 9.17) is 5.73 Å². The van der Waals surface area contributed by atoms with Crippen molar-refractivity contribution < 1.29 is 0 Å². The van der Waals surface area contributed by atoms with Gasteiger partial charge in [0.05, 0.1) is 11.9 Å². The summed E-state index contributed by atoms with van der Waals surface area (Å²) in [5.41, 5.74) is 6.65. The summed E-state index contributed by atoms with van der Waals surface area (Å²) in [6.07, 6.45) is 8.43. The molecular weight excluding hydrogens is 198 g/mol. The van der Waals surface area contributed by atoms with Crippen LogP contribution in [0.3, 0.4) is 0 Å². The normalized spacial score (nSPS) is 25.3. The molecule has 0 aromatic carbocycles. The molecule has 0 atom stereocenters. The Bertz CT molecular complexity index is 312. The van der Waals surface area contributed by atoms with Gasteiger partial charge in [0.1, 0.15) is 5.82 Å². The number of anilines is 2. The Kier molecular flexibility index (Phi) is 3.65. The summed E-state index contributed by atoms with van der Waals surface area (Å²) in [6, 6.07) is 4.47. The second-order valence-corrected chi connectivity index (χ2v) is 4.74. The number of nitrogens with one attached hydrogen (secondary N) is 1. The van der Waals surface area contributed by atoms with Crippen LogP contribution in [-0.4, -0.2) is 11.0 Å². The molecule has 0 bridgehead atoms. The Labute approximate surface area is 97.5 Å². The highest BCUT2D eigenvalue weighted by atomic mass is 14.9. The Morgan fingerprint density at radius 1 is 1.31 bits per heavy atom. The van der Waals surface area contributed by atoms with E-state index < -0.39 is 0 Å². The lowest BCUT2D eigenvalue weighted by molar-refractivity contribution is 0.330. The molecule has 3 heteroatoms. The highest BCUT2D eigenvalue weighted by Gasteiger charge is 2.19. The second-order valence-electron chi connectivity index (χ2n) is 4.74. The van der Waals surface area contributed by atoms with E-state index in [1.807, 2.05) is 18.3 Å². The topological polar surface area (TPSA) is 50.9 Å². The molecule has 0 radical (unpaired) electrons. The molecule has 16 heavy (non-hydrogen) atoms. The molecule has 1 saturated carbocycles. The maximum atomic E-state index is 5.56. The molecule has 1 aromatic heterocycles. The first kappa shape index (κ1) is 11.2. The standard InChI is InChI=1S/C13H21N3/c1-2-10-3-5-11(6-4-10)16-12-7-8-13(14)15-9-12/h7-11,16H,2-6H2,1H3,(H2,14,15). The van der Waals surface area contributed by atoms with Gasteiger partial charge in [-0.05, 0) is 43.7 Å². The van der Waals surface area contributed by atoms with Gasteiger partial charge < -0.3 is 11.1 Å². The quantitative estimate of drug-likeness (QED) is 0.821. The Balaban J connectivity index is 1.84. The van der Waals surface area contributed by atoms with Crippen LogP contribution >= 0.6 is 0 Å². The highest BCUT2D eigenvalue weighted by Crippen LogP contribution is 2.28. The minimum absolute atomic E-state index is 0.584. The fourth-order valence-electron chi connectivity index (χ4n) is 2.44. The molecule has 0 amide bonds. The first-order chi connectivity index (χ1) is 7.78. The van der Waals surface area contributed by atoms with Crippen molar-refractivity contribution in [3.05, 3.63) is 18.3 Å². The number of nitrogens with two attached hydrogens (primary N) is 1. The Morgan fingerprint density at radius 3 is 2.62 bits per heavy atom. The monoisotopic (exact) mass is 219 g/mol. The molecule has 0 spiro atoms. The average Bonchev–Trinajstić information content (AvgIpc) is 2.33. The van der Waals surface area contributed by atoms with Crippen molar-refractivity contribution in [2.45, 2.75) is 45.1 Å². The smallest absolute Gasteiger partial charge is 0.123 e. The van der Waals surface area contributed by atoms with Crippen LogP contribution < -0.4 is 11.1 Å². The van der Waals surface area contributed by atoms with Gasteiger partial charge in [-0.25, -0.2) is 4.98 Å². The van der Waals surface area contributed by atoms with E-state index in [0.717, 1.165) is 11.6 Å². The van der Waals surface area contributed by atoms with Crippen LogP contribution in [0, 0.1) is 5.92 Å². The molecule has 0 unspecified atom stereocenters. The van der Waals surface area contributed by atoms with Crippen molar-refractivity contribution in [1.29, 1.82) is 0 Å². The first-order valence-corrected chi connectivity index (χ1v) is 6.26. The van der Waals surface area contributed by atoms with Gasteiger partial charge in [0, 0.05) is 6.04 Å². The molecule has 1 aromatic rings. The zero-order chi connectivity index (χ0) is 11.4. The van der Waals surface area contributed by atoms with Gasteiger partial charge in [0.2, 0.25) is 0 Å². The third kappa shape index (κ3) is 2.87. The van der Waals surface area contributed by atoms with Gasteiger partial charge in [0.25, 0.3) is 0 Å². The number of pyridine rings is 1. The number of hydrogen-bond donors (Lipinski definition) is 2. The first-order valence-electron chi connectivity index (χ1n) is 6.26. The van der Waals surface area contributed by atoms with E-state index >= 15 is 0 Å². The van der Waals surface area contributed by atoms with Crippen LogP contribution in [0.25, 0.3) is 0 Å². The molecule has 1 aliphatic carbocycles. The lowest BCUT2D eigenvalue weighted by atomic mass is 9.84. The molecule has 1 aliphatic rings. The summed E-state index contributed by atoms with van der Waals surface area (Å²) in [5.74, 6) is 1.53. The van der Waals surface area contributed by atoms with Crippen molar-refractivity contribution in [1.82, 2.24) is 4.98 Å². The number of nitrogen functional groups attached to an aromatic ring is 1. The van der Waals surface area contributed by atoms with Crippen LogP contribution in [-0.2, 0) is 0 Å². The van der Waals surface area contributed by atoms with Gasteiger partial charge in [-0.2, -0.15) is 0 Å². The highest BCUT2D eigenvalue weighted by molar-refractivity contribution is 5.45. The predicted octanol–water partition coefficient (Wildman–Crippen LogP) is 3.04. The zero-order valence-electron chi connectivity index (χ0n) is 9.95. The molecule has 0 aliphatic heterocycles. The van der Waals surface area contributed by atoms with E-state index in [0.29, 0.717) is 11.9 Å². The minimum Gasteiger partial charge on any atom is -0.384 e. The molecule has 88 valence electrons. The van der Waals surface area contributed by atoms with Crippen LogP contribution in [0.2, 0.25) is 0 Å². The van der Waals surface area contributed by atoms with Crippen LogP contribution in [0.15, 0.2) is 18.3 Å².